The van der Waals surface area contributed by atoms with Gasteiger partial charge >= 0.3 is 0 Å². The zero-order valence-corrected chi connectivity index (χ0v) is 5.93. The van der Waals surface area contributed by atoms with Crippen molar-refractivity contribution in [1.82, 2.24) is 0 Å². The summed E-state index contributed by atoms with van der Waals surface area (Å²) >= 11 is 0. The van der Waals surface area contributed by atoms with E-state index in [9.17, 15) is 0 Å². The molecule has 4 nitrogen and oxygen atoms in total. The van der Waals surface area contributed by atoms with Gasteiger partial charge in [-0.15, -0.1) is 0 Å². The molecule has 7 N–H and O–H groups in total. The Morgan fingerprint density at radius 1 is 1.22 bits per heavy atom. The molecule has 0 saturated heterocycles. The Hall–Kier alpha value is -0.160. The summed E-state index contributed by atoms with van der Waals surface area (Å²) in [5.74, 6) is 0. The normalized spacial score (nSPS) is 6.67. The molecule has 0 rings (SSSR count). The number of aliphatic hydroxyl groups is 1. The van der Waals surface area contributed by atoms with E-state index in [0.717, 1.165) is 6.42 Å². The monoisotopic (exact) mass is 138 g/mol. The van der Waals surface area contributed by atoms with Gasteiger partial charge in [0.1, 0.15) is 0 Å². The highest BCUT2D eigenvalue weighted by atomic mass is 16.2. The average Bonchev–Trinajstić information content (AvgIpc) is 1.88. The maximum absolute atomic E-state index is 7.88. The molecule has 0 unspecified atom stereocenters. The number of nitrogens with two attached hydrogens (primary N) is 2. The summed E-state index contributed by atoms with van der Waals surface area (Å²) in [5.41, 5.74) is 9.81. The average molecular weight is 138 g/mol. The summed E-state index contributed by atoms with van der Waals surface area (Å²) in [6.07, 6.45) is 0.875. The fourth-order valence-electron chi connectivity index (χ4n) is 0. The van der Waals surface area contributed by atoms with Gasteiger partial charge < -0.3 is 22.1 Å². The van der Waals surface area contributed by atoms with E-state index < -0.39 is 0 Å². The van der Waals surface area contributed by atoms with Gasteiger partial charge in [-0.1, -0.05) is 6.92 Å². The summed E-state index contributed by atoms with van der Waals surface area (Å²) in [4.78, 5) is 0. The van der Waals surface area contributed by atoms with E-state index in [0.29, 0.717) is 19.7 Å². The Morgan fingerprint density at radius 3 is 1.44 bits per heavy atom. The quantitative estimate of drug-likeness (QED) is 0.431. The number of rotatable bonds is 2. The second-order valence-electron chi connectivity index (χ2n) is 1.30. The molecule has 0 spiro atoms. The molecule has 0 aliphatic rings. The van der Waals surface area contributed by atoms with Crippen LogP contribution in [0, 0.1) is 0 Å². The van der Waals surface area contributed by atoms with Crippen molar-refractivity contribution in [3.63, 3.8) is 0 Å². The van der Waals surface area contributed by atoms with Crippen molar-refractivity contribution in [3.05, 3.63) is 0 Å². The highest BCUT2D eigenvalue weighted by Crippen LogP contribution is 1.61. The van der Waals surface area contributed by atoms with Gasteiger partial charge in [-0.2, -0.15) is 0 Å². The molecule has 0 atom stereocenters. The molecule has 4 heteroatoms. The van der Waals surface area contributed by atoms with Crippen LogP contribution in [0.4, 0.5) is 0 Å². The van der Waals surface area contributed by atoms with Crippen molar-refractivity contribution in [1.29, 1.82) is 0 Å². The fourth-order valence-corrected chi connectivity index (χ4v) is 0. The first kappa shape index (κ1) is 15.9. The molecule has 0 aliphatic heterocycles. The second-order valence-corrected chi connectivity index (χ2v) is 1.30. The van der Waals surface area contributed by atoms with Crippen molar-refractivity contribution in [2.24, 2.45) is 11.5 Å². The highest BCUT2D eigenvalue weighted by Gasteiger charge is 1.57. The minimum Gasteiger partial charge on any atom is -0.412 e. The predicted octanol–water partition coefficient (Wildman–Crippen LogP) is -1.53. The Morgan fingerprint density at radius 2 is 1.44 bits per heavy atom. The number of hydrogen-bond acceptors (Lipinski definition) is 3. The lowest BCUT2D eigenvalue weighted by atomic mass is 10.5. The molecule has 0 aromatic rings. The first-order valence-electron chi connectivity index (χ1n) is 2.84. The number of hydrogen-bond donors (Lipinski definition) is 3. The zero-order valence-electron chi connectivity index (χ0n) is 5.93. The molecule has 0 bridgehead atoms. The lowest BCUT2D eigenvalue weighted by Crippen LogP contribution is -2.11. The Bertz CT molecular complexity index is 20.9. The molecule has 0 aliphatic carbocycles. The van der Waals surface area contributed by atoms with Gasteiger partial charge in [0.2, 0.25) is 0 Å². The lowest BCUT2D eigenvalue weighted by molar-refractivity contribution is 0.295. The van der Waals surface area contributed by atoms with E-state index >= 15 is 0 Å². The summed E-state index contributed by atoms with van der Waals surface area (Å²) in [6, 6.07) is 0. The van der Waals surface area contributed by atoms with Gasteiger partial charge in [0.05, 0.1) is 0 Å². The van der Waals surface area contributed by atoms with Gasteiger partial charge in [-0.05, 0) is 6.42 Å². The van der Waals surface area contributed by atoms with Gasteiger partial charge in [0.15, 0.2) is 0 Å². The minimum absolute atomic E-state index is 0. The van der Waals surface area contributed by atoms with Crippen LogP contribution in [0.5, 0.6) is 0 Å². The van der Waals surface area contributed by atoms with Crippen molar-refractivity contribution in [2.45, 2.75) is 13.3 Å². The first-order chi connectivity index (χ1) is 3.83. The SMILES string of the molecule is CCCO.NCCN.O. The van der Waals surface area contributed by atoms with Gasteiger partial charge in [0, 0.05) is 19.7 Å². The van der Waals surface area contributed by atoms with Gasteiger partial charge in [-0.3, -0.25) is 0 Å². The van der Waals surface area contributed by atoms with Crippen molar-refractivity contribution >= 4 is 0 Å². The maximum Gasteiger partial charge on any atom is 0.0428 e. The van der Waals surface area contributed by atoms with Crippen molar-refractivity contribution in [2.75, 3.05) is 19.7 Å². The van der Waals surface area contributed by atoms with E-state index in [2.05, 4.69) is 0 Å². The molecule has 0 fully saturated rings. The third-order valence-corrected chi connectivity index (χ3v) is 0.390. The summed E-state index contributed by atoms with van der Waals surface area (Å²) in [6.45, 7) is 3.44. The maximum atomic E-state index is 7.88. The largest absolute Gasteiger partial charge is 0.412 e. The number of aliphatic hydroxyl groups excluding tert-OH is 1. The molecular formula is C5H18N2O2. The van der Waals surface area contributed by atoms with Crippen LogP contribution < -0.4 is 11.5 Å². The standard InChI is InChI=1S/C3H8O.C2H8N2.H2O/c1-2-3-4;3-1-2-4;/h4H,2-3H2,1H3;1-4H2;1H2. The van der Waals surface area contributed by atoms with E-state index in [1.165, 1.54) is 0 Å². The second kappa shape index (κ2) is 24.9. The van der Waals surface area contributed by atoms with Crippen molar-refractivity contribution in [3.8, 4) is 0 Å². The van der Waals surface area contributed by atoms with Crippen molar-refractivity contribution < 1.29 is 10.6 Å². The van der Waals surface area contributed by atoms with E-state index in [4.69, 9.17) is 16.6 Å². The Labute approximate surface area is 56.2 Å². The molecule has 0 aromatic heterocycles. The molecule has 60 valence electrons. The minimum atomic E-state index is 0. The summed E-state index contributed by atoms with van der Waals surface area (Å²) in [7, 11) is 0. The Balaban J connectivity index is -0.0000000720. The molecule has 0 saturated carbocycles. The van der Waals surface area contributed by atoms with Crippen LogP contribution in [-0.4, -0.2) is 30.3 Å². The fraction of sp³-hybridized carbons (Fsp3) is 1.00. The van der Waals surface area contributed by atoms with E-state index in [1.54, 1.807) is 0 Å². The molecule has 0 heterocycles. The van der Waals surface area contributed by atoms with Crippen LogP contribution in [0.25, 0.3) is 0 Å². The third-order valence-electron chi connectivity index (χ3n) is 0.390. The van der Waals surface area contributed by atoms with Crippen LogP contribution in [0.15, 0.2) is 0 Å². The first-order valence-corrected chi connectivity index (χ1v) is 2.84. The smallest absolute Gasteiger partial charge is 0.0428 e. The molecule has 9 heavy (non-hydrogen) atoms. The summed E-state index contributed by atoms with van der Waals surface area (Å²) in [5, 5.41) is 7.88. The molecular weight excluding hydrogens is 120 g/mol. The van der Waals surface area contributed by atoms with Crippen LogP contribution >= 0.6 is 0 Å². The molecule has 0 amide bonds. The third kappa shape index (κ3) is 79.0. The molecule has 0 aromatic carbocycles. The van der Waals surface area contributed by atoms with Crippen LogP contribution in [0.3, 0.4) is 0 Å². The van der Waals surface area contributed by atoms with Crippen LogP contribution in [-0.2, 0) is 0 Å². The van der Waals surface area contributed by atoms with E-state index in [-0.39, 0.29) is 5.48 Å². The van der Waals surface area contributed by atoms with Crippen LogP contribution in [0.2, 0.25) is 0 Å². The predicted molar refractivity (Wildman–Crippen MR) is 39.1 cm³/mol. The summed E-state index contributed by atoms with van der Waals surface area (Å²) < 4.78 is 0. The lowest BCUT2D eigenvalue weighted by Gasteiger charge is -1.72. The molecule has 0 radical (unpaired) electrons. The highest BCUT2D eigenvalue weighted by molar-refractivity contribution is 4.26. The van der Waals surface area contributed by atoms with E-state index in [1.807, 2.05) is 6.92 Å². The zero-order chi connectivity index (χ0) is 6.83. The van der Waals surface area contributed by atoms with Gasteiger partial charge in [0.25, 0.3) is 0 Å². The van der Waals surface area contributed by atoms with Crippen LogP contribution in [0.1, 0.15) is 13.3 Å². The topological polar surface area (TPSA) is 104 Å². The van der Waals surface area contributed by atoms with Gasteiger partial charge in [-0.25, -0.2) is 0 Å². The Kier molecular flexibility index (Phi) is 44.0.